The normalized spacial score (nSPS) is 47.2. The first-order valence-corrected chi connectivity index (χ1v) is 6.26. The maximum absolute atomic E-state index is 11.6. The van der Waals surface area contributed by atoms with Crippen LogP contribution in [-0.4, -0.2) is 11.6 Å². The van der Waals surface area contributed by atoms with Gasteiger partial charge in [-0.3, -0.25) is 4.79 Å². The van der Waals surface area contributed by atoms with Crippen LogP contribution in [-0.2, 0) is 9.53 Å². The molecule has 3 atom stereocenters. The maximum Gasteiger partial charge on any atom is 0.306 e. The van der Waals surface area contributed by atoms with Crippen LogP contribution >= 0.6 is 0 Å². The van der Waals surface area contributed by atoms with Crippen molar-refractivity contribution in [3.63, 3.8) is 0 Å². The Balaban J connectivity index is 1.95. The van der Waals surface area contributed by atoms with Gasteiger partial charge in [0.15, 0.2) is 0 Å². The summed E-state index contributed by atoms with van der Waals surface area (Å²) in [6, 6.07) is 0. The summed E-state index contributed by atoms with van der Waals surface area (Å²) in [6.45, 7) is 4.23. The first-order valence-electron chi connectivity index (χ1n) is 6.26. The Kier molecular flexibility index (Phi) is 1.79. The third-order valence-corrected chi connectivity index (χ3v) is 5.03. The molecule has 1 aliphatic heterocycles. The Morgan fingerprint density at radius 1 is 1.33 bits per heavy atom. The maximum atomic E-state index is 11.6. The number of hydrogen-bond donors (Lipinski definition) is 0. The lowest BCUT2D eigenvalue weighted by Gasteiger charge is -2.40. The van der Waals surface area contributed by atoms with Gasteiger partial charge in [0.05, 0.1) is 0 Å². The Morgan fingerprint density at radius 3 is 2.93 bits per heavy atom. The summed E-state index contributed by atoms with van der Waals surface area (Å²) in [7, 11) is 0. The van der Waals surface area contributed by atoms with E-state index in [1.807, 2.05) is 0 Å². The van der Waals surface area contributed by atoms with E-state index >= 15 is 0 Å². The van der Waals surface area contributed by atoms with Gasteiger partial charge in [-0.2, -0.15) is 0 Å². The molecule has 0 aromatic carbocycles. The molecule has 15 heavy (non-hydrogen) atoms. The molecule has 0 radical (unpaired) electrons. The molecule has 1 heterocycles. The zero-order valence-corrected chi connectivity index (χ0v) is 9.71. The Hall–Kier alpha value is -0.530. The summed E-state index contributed by atoms with van der Waals surface area (Å²) in [6.07, 6.45) is 7.08. The number of hydrogen-bond acceptors (Lipinski definition) is 2. The van der Waals surface area contributed by atoms with Gasteiger partial charge in [-0.1, -0.05) is 6.42 Å². The van der Waals surface area contributed by atoms with Crippen molar-refractivity contribution in [1.29, 1.82) is 0 Å². The molecule has 1 saturated heterocycles. The third kappa shape index (κ3) is 1.26. The second-order valence-electron chi connectivity index (χ2n) is 6.20. The fraction of sp³-hybridized carbons (Fsp3) is 0.923. The Bertz CT molecular complexity index is 308. The zero-order valence-electron chi connectivity index (χ0n) is 9.71. The highest BCUT2D eigenvalue weighted by Gasteiger charge is 2.64. The molecule has 2 nitrogen and oxygen atoms in total. The fourth-order valence-electron chi connectivity index (χ4n) is 4.34. The average Bonchev–Trinajstić information content (AvgIpc) is 2.87. The molecular formula is C13H20O2. The van der Waals surface area contributed by atoms with Crippen LogP contribution in [0.4, 0.5) is 0 Å². The van der Waals surface area contributed by atoms with Gasteiger partial charge in [-0.05, 0) is 50.9 Å². The molecule has 84 valence electrons. The van der Waals surface area contributed by atoms with Crippen LogP contribution in [0, 0.1) is 17.3 Å². The van der Waals surface area contributed by atoms with Crippen LogP contribution < -0.4 is 0 Å². The number of carbonyl (C=O) groups excluding carboxylic acids is 1. The summed E-state index contributed by atoms with van der Waals surface area (Å²) in [5.41, 5.74) is 0.274. The van der Waals surface area contributed by atoms with Crippen LogP contribution in [0.5, 0.6) is 0 Å². The Labute approximate surface area is 91.4 Å². The fourth-order valence-corrected chi connectivity index (χ4v) is 4.34. The number of esters is 1. The smallest absolute Gasteiger partial charge is 0.306 e. The minimum atomic E-state index is -0.219. The highest BCUT2D eigenvalue weighted by atomic mass is 16.6. The molecule has 0 bridgehead atoms. The second-order valence-corrected chi connectivity index (χ2v) is 6.20. The van der Waals surface area contributed by atoms with Crippen molar-refractivity contribution in [3.05, 3.63) is 0 Å². The van der Waals surface area contributed by atoms with Crippen LogP contribution in [0.25, 0.3) is 0 Å². The van der Waals surface area contributed by atoms with Gasteiger partial charge in [-0.15, -0.1) is 0 Å². The highest BCUT2D eigenvalue weighted by Crippen LogP contribution is 2.69. The zero-order chi connectivity index (χ0) is 10.7. The van der Waals surface area contributed by atoms with Crippen molar-refractivity contribution < 1.29 is 9.53 Å². The van der Waals surface area contributed by atoms with Gasteiger partial charge in [0, 0.05) is 12.3 Å². The molecule has 3 aliphatic rings. The van der Waals surface area contributed by atoms with Crippen LogP contribution in [0.15, 0.2) is 0 Å². The molecule has 3 fully saturated rings. The third-order valence-electron chi connectivity index (χ3n) is 5.03. The Morgan fingerprint density at radius 2 is 2.13 bits per heavy atom. The van der Waals surface area contributed by atoms with Crippen LogP contribution in [0.1, 0.15) is 52.4 Å². The average molecular weight is 208 g/mol. The van der Waals surface area contributed by atoms with E-state index in [9.17, 15) is 4.79 Å². The molecule has 0 amide bonds. The van der Waals surface area contributed by atoms with Gasteiger partial charge in [0.1, 0.15) is 5.60 Å². The molecule has 0 aromatic rings. The van der Waals surface area contributed by atoms with E-state index in [-0.39, 0.29) is 11.6 Å². The van der Waals surface area contributed by atoms with Crippen LogP contribution in [0.3, 0.4) is 0 Å². The minimum absolute atomic E-state index is 0.0226. The number of cyclic esters (lactones) is 1. The van der Waals surface area contributed by atoms with Crippen molar-refractivity contribution in [2.24, 2.45) is 17.3 Å². The second kappa shape index (κ2) is 2.78. The van der Waals surface area contributed by atoms with E-state index in [0.29, 0.717) is 17.8 Å². The lowest BCUT2D eigenvalue weighted by Crippen LogP contribution is -2.41. The number of carbonyl (C=O) groups is 1. The molecule has 3 rings (SSSR count). The molecule has 2 heteroatoms. The summed E-state index contributed by atoms with van der Waals surface area (Å²) in [5, 5.41) is 0. The quantitative estimate of drug-likeness (QED) is 0.572. The summed E-state index contributed by atoms with van der Waals surface area (Å²) < 4.78 is 5.62. The first kappa shape index (κ1) is 9.68. The largest absolute Gasteiger partial charge is 0.459 e. The molecule has 1 spiro atoms. The lowest BCUT2D eigenvalue weighted by atomic mass is 9.69. The van der Waals surface area contributed by atoms with E-state index in [2.05, 4.69) is 13.8 Å². The van der Waals surface area contributed by atoms with E-state index in [0.717, 1.165) is 12.3 Å². The first-order chi connectivity index (χ1) is 7.05. The van der Waals surface area contributed by atoms with Gasteiger partial charge in [0.2, 0.25) is 0 Å². The van der Waals surface area contributed by atoms with Crippen molar-refractivity contribution in [2.75, 3.05) is 0 Å². The van der Waals surface area contributed by atoms with E-state index in [1.165, 1.54) is 25.7 Å². The number of rotatable bonds is 0. The molecule has 2 aliphatic carbocycles. The summed E-state index contributed by atoms with van der Waals surface area (Å²) in [5.74, 6) is 1.55. The van der Waals surface area contributed by atoms with Crippen LogP contribution in [0.2, 0.25) is 0 Å². The topological polar surface area (TPSA) is 26.3 Å². The minimum Gasteiger partial charge on any atom is -0.459 e. The lowest BCUT2D eigenvalue weighted by molar-refractivity contribution is -0.160. The molecule has 0 unspecified atom stereocenters. The standard InChI is InChI=1S/C13H20O2/c1-12(2)10-5-3-4-9-8-13(9,10)7-6-11(14)15-12/h9-10H,3-8H2,1-2H3/t9-,10+,13+/m1/s1. The predicted molar refractivity (Wildman–Crippen MR) is 57.3 cm³/mol. The molecule has 2 saturated carbocycles. The van der Waals surface area contributed by atoms with E-state index in [1.54, 1.807) is 0 Å². The summed E-state index contributed by atoms with van der Waals surface area (Å²) >= 11 is 0. The monoisotopic (exact) mass is 208 g/mol. The van der Waals surface area contributed by atoms with Crippen molar-refractivity contribution in [1.82, 2.24) is 0 Å². The van der Waals surface area contributed by atoms with Crippen molar-refractivity contribution >= 4 is 5.97 Å². The molecule has 0 aromatic heterocycles. The van der Waals surface area contributed by atoms with E-state index in [4.69, 9.17) is 4.74 Å². The van der Waals surface area contributed by atoms with Gasteiger partial charge in [-0.25, -0.2) is 0 Å². The predicted octanol–water partition coefficient (Wildman–Crippen LogP) is 2.91. The van der Waals surface area contributed by atoms with Gasteiger partial charge < -0.3 is 4.74 Å². The van der Waals surface area contributed by atoms with E-state index < -0.39 is 0 Å². The summed E-state index contributed by atoms with van der Waals surface area (Å²) in [4.78, 5) is 11.6. The SMILES string of the molecule is CC1(C)OC(=O)CC[C@]23C[C@H]2CCC[C@@H]13. The number of ether oxygens (including phenoxy) is 1. The van der Waals surface area contributed by atoms with Crippen molar-refractivity contribution in [3.8, 4) is 0 Å². The van der Waals surface area contributed by atoms with Gasteiger partial charge >= 0.3 is 5.97 Å². The highest BCUT2D eigenvalue weighted by molar-refractivity contribution is 5.70. The molecule has 0 N–H and O–H groups in total. The molecular weight excluding hydrogens is 188 g/mol. The van der Waals surface area contributed by atoms with Crippen molar-refractivity contribution in [2.45, 2.75) is 58.0 Å². The van der Waals surface area contributed by atoms with Gasteiger partial charge in [0.25, 0.3) is 0 Å².